The van der Waals surface area contributed by atoms with Crippen molar-refractivity contribution in [3.63, 3.8) is 0 Å². The van der Waals surface area contributed by atoms with Crippen LogP contribution in [0.25, 0.3) is 0 Å². The van der Waals surface area contributed by atoms with E-state index in [-0.39, 0.29) is 75.9 Å². The van der Waals surface area contributed by atoms with Gasteiger partial charge in [-0.05, 0) is 104 Å². The summed E-state index contributed by atoms with van der Waals surface area (Å²) in [6.07, 6.45) is -5.82. The number of carbonyl (C=O) groups excluding carboxylic acids is 3. The van der Waals surface area contributed by atoms with Crippen LogP contribution in [0, 0.1) is 55.5 Å². The number of nitrogens with zero attached hydrogens (tertiary/aromatic N) is 3. The molecule has 8 aliphatic rings. The predicted octanol–water partition coefficient (Wildman–Crippen LogP) is 2.44. The predicted molar refractivity (Wildman–Crippen MR) is 250 cm³/mol. The van der Waals surface area contributed by atoms with Crippen molar-refractivity contribution in [2.24, 2.45) is 55.5 Å². The number of aliphatic hydroxyl groups excluding tert-OH is 8. The quantitative estimate of drug-likeness (QED) is 0.0348. The van der Waals surface area contributed by atoms with Crippen LogP contribution < -0.4 is 0 Å². The molecule has 0 aromatic rings. The van der Waals surface area contributed by atoms with Gasteiger partial charge in [-0.3, -0.25) is 14.4 Å². The average Bonchev–Trinajstić information content (AvgIpc) is 3.33. The molecule has 3 saturated heterocycles. The minimum atomic E-state index is -1.73. The fraction of sp³-hybridized carbons (Fsp3) is 0.902. The Bertz CT molecular complexity index is 2060. The average molecular weight is 1020 g/mol. The fourth-order valence-electron chi connectivity index (χ4n) is 15.3. The summed E-state index contributed by atoms with van der Waals surface area (Å²) in [7, 11) is 0. The highest BCUT2D eigenvalue weighted by atomic mass is 16.8. The molecule has 21 nitrogen and oxygen atoms in total. The van der Waals surface area contributed by atoms with E-state index in [1.807, 2.05) is 0 Å². The van der Waals surface area contributed by atoms with E-state index in [1.165, 1.54) is 10.6 Å². The minimum Gasteiger partial charge on any atom is -0.569 e. The molecule has 0 aromatic heterocycles. The lowest BCUT2D eigenvalue weighted by Gasteiger charge is -2.71. The van der Waals surface area contributed by atoms with Crippen LogP contribution in [0.1, 0.15) is 138 Å². The summed E-state index contributed by atoms with van der Waals surface area (Å²) in [5, 5.41) is 98.2. The molecule has 0 amide bonds. The molecule has 21 heteroatoms. The van der Waals surface area contributed by atoms with Gasteiger partial charge >= 0.3 is 17.9 Å². The highest BCUT2D eigenvalue weighted by Gasteiger charge is 2.70. The van der Waals surface area contributed by atoms with Gasteiger partial charge < -0.3 is 74.6 Å². The van der Waals surface area contributed by atoms with Gasteiger partial charge in [-0.25, -0.2) is 0 Å². The molecule has 0 radical (unpaired) electrons. The van der Waals surface area contributed by atoms with E-state index in [2.05, 4.69) is 59.8 Å². The van der Waals surface area contributed by atoms with Gasteiger partial charge in [0.2, 0.25) is 11.6 Å². The van der Waals surface area contributed by atoms with Gasteiger partial charge in [0.05, 0.1) is 49.5 Å². The van der Waals surface area contributed by atoms with Crippen molar-refractivity contribution in [1.82, 2.24) is 5.01 Å². The molecule has 0 aromatic carbocycles. The molecule has 7 fully saturated rings. The molecule has 0 unspecified atom stereocenters. The maximum atomic E-state index is 14.6. The van der Waals surface area contributed by atoms with Crippen LogP contribution in [0.4, 0.5) is 0 Å². The molecule has 3 aliphatic heterocycles. The largest absolute Gasteiger partial charge is 0.569 e. The van der Waals surface area contributed by atoms with Crippen molar-refractivity contribution in [2.75, 3.05) is 26.3 Å². The Morgan fingerprint density at radius 1 is 0.708 bits per heavy atom. The molecule has 5 aliphatic carbocycles. The Morgan fingerprint density at radius 3 is 1.92 bits per heavy atom. The molecule has 18 atom stereocenters. The molecule has 4 saturated carbocycles. The second-order valence-corrected chi connectivity index (χ2v) is 24.6. The number of hydrazine groups is 1. The minimum absolute atomic E-state index is 0.0413. The lowest BCUT2D eigenvalue weighted by Crippen LogP contribution is -2.65. The third-order valence-corrected chi connectivity index (χ3v) is 19.9. The van der Waals surface area contributed by atoms with Crippen molar-refractivity contribution in [1.29, 1.82) is 0 Å². The Kier molecular flexibility index (Phi) is 15.6. The van der Waals surface area contributed by atoms with Crippen LogP contribution in [-0.4, -0.2) is 169 Å². The molecule has 8 rings (SSSR count). The van der Waals surface area contributed by atoms with Gasteiger partial charge in [-0.15, -0.1) is 5.01 Å². The standard InChI is InChI=1S/C51H81N3O18/c1-46(2)18-20-51(45(65)71-43-41(63)39(61)37(59)30(25-55)68-43)21-19-49(6)28(29(51)24-46)8-9-33-48(5)16-13-34(47(3,4)32(48)12-17-50(33,49)7)70-36(58)11-10-35(57)67-27-14-22-53(23-15-27)54(66)52-72-44-42(64)40(62)38(60)31(26-56)69-44/h8,27,29-34,37-44,55-56,59-64H,9-26H2,1-7H3/b54-52-/t29-,30+,31+,32-,33+,34-,37+,38-,39-,40-,41+,42+,43-,44-,48-,49+,50+,51-/m0/s1. The summed E-state index contributed by atoms with van der Waals surface area (Å²) >= 11 is 0. The van der Waals surface area contributed by atoms with Gasteiger partial charge in [0, 0.05) is 18.3 Å². The number of rotatable bonds is 12. The summed E-state index contributed by atoms with van der Waals surface area (Å²) in [5.41, 5.74) is -0.390. The van der Waals surface area contributed by atoms with Crippen LogP contribution in [0.15, 0.2) is 16.9 Å². The second kappa shape index (κ2) is 20.4. The summed E-state index contributed by atoms with van der Waals surface area (Å²) in [6, 6.07) is 0. The zero-order chi connectivity index (χ0) is 52.5. The van der Waals surface area contributed by atoms with E-state index in [4.69, 9.17) is 28.5 Å². The molecule has 72 heavy (non-hydrogen) atoms. The number of aliphatic hydroxyl groups is 8. The molecule has 8 N–H and O–H groups in total. The van der Waals surface area contributed by atoms with Crippen molar-refractivity contribution in [3.05, 3.63) is 16.9 Å². The molecule has 3 heterocycles. The molecular weight excluding hydrogens is 943 g/mol. The van der Waals surface area contributed by atoms with Crippen molar-refractivity contribution < 1.29 is 88.7 Å². The zero-order valence-electron chi connectivity index (χ0n) is 43.0. The number of piperidine rings is 1. The van der Waals surface area contributed by atoms with Gasteiger partial charge in [-0.2, -0.15) is 0 Å². The van der Waals surface area contributed by atoms with Crippen molar-refractivity contribution in [2.45, 2.75) is 212 Å². The van der Waals surface area contributed by atoms with Crippen LogP contribution in [-0.2, 0) is 42.9 Å². The Morgan fingerprint density at radius 2 is 1.29 bits per heavy atom. The summed E-state index contributed by atoms with van der Waals surface area (Å²) in [4.78, 5) is 46.2. The Balaban J connectivity index is 0.860. The van der Waals surface area contributed by atoms with Gasteiger partial charge in [0.1, 0.15) is 61.0 Å². The van der Waals surface area contributed by atoms with Gasteiger partial charge in [0.25, 0.3) is 6.29 Å². The van der Waals surface area contributed by atoms with E-state index in [9.17, 15) is 60.4 Å². The van der Waals surface area contributed by atoms with E-state index in [1.54, 1.807) is 0 Å². The lowest BCUT2D eigenvalue weighted by molar-refractivity contribution is -0.716. The summed E-state index contributed by atoms with van der Waals surface area (Å²) < 4.78 is 28.8. The highest BCUT2D eigenvalue weighted by Crippen LogP contribution is 2.76. The van der Waals surface area contributed by atoms with Crippen LogP contribution in [0.3, 0.4) is 0 Å². The van der Waals surface area contributed by atoms with E-state index < -0.39 is 104 Å². The molecule has 0 spiro atoms. The normalized spacial score (nSPS) is 45.0. The number of hydrogen-bond donors (Lipinski definition) is 8. The number of hydrogen-bond acceptors (Lipinski definition) is 19. The van der Waals surface area contributed by atoms with Gasteiger partial charge in [-0.1, -0.05) is 60.1 Å². The Labute approximate surface area is 421 Å². The first kappa shape index (κ1) is 55.0. The zero-order valence-corrected chi connectivity index (χ0v) is 43.0. The smallest absolute Gasteiger partial charge is 0.315 e. The van der Waals surface area contributed by atoms with E-state index >= 15 is 0 Å². The molecular formula is C51H81N3O18. The number of ether oxygens (including phenoxy) is 5. The summed E-state index contributed by atoms with van der Waals surface area (Å²) in [6.45, 7) is 15.2. The third-order valence-electron chi connectivity index (χ3n) is 19.9. The number of carbonyl (C=O) groups is 3. The van der Waals surface area contributed by atoms with Crippen molar-refractivity contribution >= 4 is 17.9 Å². The molecule has 0 bridgehead atoms. The fourth-order valence-corrected chi connectivity index (χ4v) is 15.3. The second-order valence-electron chi connectivity index (χ2n) is 24.6. The van der Waals surface area contributed by atoms with Crippen LogP contribution >= 0.6 is 0 Å². The van der Waals surface area contributed by atoms with Gasteiger partial charge in [0.15, 0.2) is 0 Å². The summed E-state index contributed by atoms with van der Waals surface area (Å²) in [5.74, 6) is -1.05. The number of allylic oxidation sites excluding steroid dienone is 2. The van der Waals surface area contributed by atoms with E-state index in [0.29, 0.717) is 38.0 Å². The van der Waals surface area contributed by atoms with Crippen molar-refractivity contribution in [3.8, 4) is 0 Å². The first-order chi connectivity index (χ1) is 33.8. The highest BCUT2D eigenvalue weighted by molar-refractivity contribution is 5.79. The number of fused-ring (bicyclic) bond motifs is 7. The Hall–Kier alpha value is -3.25. The molecule has 408 valence electrons. The first-order valence-electron chi connectivity index (χ1n) is 26.3. The monoisotopic (exact) mass is 1020 g/mol. The maximum Gasteiger partial charge on any atom is 0.315 e. The topological polar surface area (TPSA) is 310 Å². The van der Waals surface area contributed by atoms with Crippen LogP contribution in [0.5, 0.6) is 0 Å². The van der Waals surface area contributed by atoms with E-state index in [0.717, 1.165) is 44.9 Å². The SMILES string of the molecule is CC1(C)CC[C@]2(C(=O)O[C@@H]3O[C@H](CO)[C@@H](O)[C@H](O)[C@H]3O)CC[C@]3(C)C(=CC[C@@H]4[C@@]5(C)CC[C@H](OC(=O)CCC(=O)OC6CCN(/[N+]([O-])=N/O[C@@H]7O[C@H](CO)[C@H](O)[C@H](O)[C@H]7O)CC6)C(C)(C)[C@@H]5CC[C@]43C)[C@@H]2C1. The third kappa shape index (κ3) is 9.56. The lowest BCUT2D eigenvalue weighted by atomic mass is 9.33. The van der Waals surface area contributed by atoms with Crippen LogP contribution in [0.2, 0.25) is 0 Å². The number of esters is 3. The first-order valence-corrected chi connectivity index (χ1v) is 26.3. The maximum absolute atomic E-state index is 14.6.